The van der Waals surface area contributed by atoms with Crippen LogP contribution in [0.1, 0.15) is 27.2 Å². The summed E-state index contributed by atoms with van der Waals surface area (Å²) >= 11 is 2.92. The second kappa shape index (κ2) is 10.0. The highest BCUT2D eigenvalue weighted by Gasteiger charge is 2.51. The van der Waals surface area contributed by atoms with Gasteiger partial charge in [0.1, 0.15) is 10.6 Å². The molecule has 0 amide bonds. The molecular formula is C25H24N4O6S2. The summed E-state index contributed by atoms with van der Waals surface area (Å²) in [5.41, 5.74) is 2.21. The lowest BCUT2D eigenvalue weighted by atomic mass is 9.91. The van der Waals surface area contributed by atoms with E-state index in [1.165, 1.54) is 43.8 Å². The Morgan fingerprint density at radius 1 is 1.24 bits per heavy atom. The average molecular weight is 541 g/mol. The van der Waals surface area contributed by atoms with Crippen molar-refractivity contribution in [1.82, 2.24) is 15.0 Å². The van der Waals surface area contributed by atoms with Gasteiger partial charge in [-0.05, 0) is 23.8 Å². The number of aromatic hydroxyl groups is 1. The first-order chi connectivity index (χ1) is 17.9. The Balaban J connectivity index is 1.72. The van der Waals surface area contributed by atoms with Gasteiger partial charge in [-0.2, -0.15) is 0 Å². The Morgan fingerprint density at radius 3 is 2.76 bits per heavy atom. The molecule has 2 aromatic carbocycles. The van der Waals surface area contributed by atoms with Crippen LogP contribution in [-0.2, 0) is 14.3 Å². The van der Waals surface area contributed by atoms with Crippen molar-refractivity contribution in [2.75, 3.05) is 20.0 Å². The molecule has 2 aromatic heterocycles. The van der Waals surface area contributed by atoms with Crippen LogP contribution in [0.4, 0.5) is 0 Å². The minimum atomic E-state index is -1.09. The molecule has 4 aromatic rings. The van der Waals surface area contributed by atoms with Gasteiger partial charge >= 0.3 is 5.97 Å². The van der Waals surface area contributed by atoms with Crippen LogP contribution in [0.15, 0.2) is 60.0 Å². The van der Waals surface area contributed by atoms with Gasteiger partial charge in [-0.1, -0.05) is 29.4 Å². The van der Waals surface area contributed by atoms with Crippen LogP contribution in [0, 0.1) is 0 Å². The van der Waals surface area contributed by atoms with Gasteiger partial charge in [-0.25, -0.2) is 9.78 Å². The van der Waals surface area contributed by atoms with Crippen molar-refractivity contribution in [1.29, 1.82) is 0 Å². The number of aliphatic hydroxyl groups is 1. The maximum Gasteiger partial charge on any atom is 0.362 e. The van der Waals surface area contributed by atoms with Crippen LogP contribution < -0.4 is 4.74 Å². The molecule has 0 bridgehead atoms. The van der Waals surface area contributed by atoms with Gasteiger partial charge in [-0.15, -0.1) is 23.5 Å². The van der Waals surface area contributed by atoms with Crippen molar-refractivity contribution >= 4 is 46.1 Å². The normalized spacial score (nSPS) is 22.2. The second-order valence-electron chi connectivity index (χ2n) is 8.26. The van der Waals surface area contributed by atoms with Gasteiger partial charge in [0.15, 0.2) is 11.5 Å². The number of nitrogens with zero attached hydrogens (tertiary/aromatic N) is 2. The van der Waals surface area contributed by atoms with Crippen molar-refractivity contribution in [3.8, 4) is 11.5 Å². The smallest absolute Gasteiger partial charge is 0.362 e. The number of para-hydroxylation sites is 1. The van der Waals surface area contributed by atoms with E-state index in [0.29, 0.717) is 22.8 Å². The fraction of sp³-hybridized carbons (Fsp3) is 0.240. The van der Waals surface area contributed by atoms with E-state index in [0.717, 1.165) is 16.5 Å². The number of phenolic OH excluding ortho intramolecular Hbond substituents is 1. The number of phenols is 1. The number of carbonyl (C=O) groups excluding carboxylic acids is 1. The molecule has 10 nitrogen and oxygen atoms in total. The van der Waals surface area contributed by atoms with Crippen LogP contribution in [0.5, 0.6) is 11.5 Å². The quantitative estimate of drug-likeness (QED) is 0.107. The fourth-order valence-electron chi connectivity index (χ4n) is 4.59. The molecule has 12 heteroatoms. The van der Waals surface area contributed by atoms with Crippen LogP contribution in [0.2, 0.25) is 0 Å². The van der Waals surface area contributed by atoms with Gasteiger partial charge in [0, 0.05) is 34.6 Å². The largest absolute Gasteiger partial charge is 0.504 e. The molecule has 3 atom stereocenters. The number of nitrogens with one attached hydrogen (secondary N) is 2. The van der Waals surface area contributed by atoms with Crippen LogP contribution in [0.3, 0.4) is 0 Å². The van der Waals surface area contributed by atoms with Crippen molar-refractivity contribution in [2.45, 2.75) is 15.4 Å². The minimum Gasteiger partial charge on any atom is -0.504 e. The molecule has 1 aliphatic rings. The molecule has 5 rings (SSSR count). The highest BCUT2D eigenvalue weighted by Crippen LogP contribution is 2.61. The summed E-state index contributed by atoms with van der Waals surface area (Å²) in [7, 11) is 2.68. The van der Waals surface area contributed by atoms with E-state index in [1.807, 2.05) is 24.3 Å². The van der Waals surface area contributed by atoms with E-state index in [2.05, 4.69) is 20.1 Å². The SMILES string of the molecule is COC(=O)/C(=N\O)c1[nH]c2ccccc2c1[C@@H]1SC[C@@H](O)[C@@](c2ccc(O)c(OC)c2)(c2ncc[nH]2)S1. The molecule has 5 N–H and O–H groups in total. The van der Waals surface area contributed by atoms with Crippen molar-refractivity contribution in [3.63, 3.8) is 0 Å². The number of H-pyrrole nitrogens is 2. The topological polar surface area (TPSA) is 153 Å². The zero-order valence-electron chi connectivity index (χ0n) is 19.8. The van der Waals surface area contributed by atoms with Crippen LogP contribution >= 0.6 is 23.5 Å². The molecule has 37 heavy (non-hydrogen) atoms. The maximum absolute atomic E-state index is 12.5. The van der Waals surface area contributed by atoms with Crippen LogP contribution in [-0.4, -0.2) is 68.1 Å². The lowest BCUT2D eigenvalue weighted by Gasteiger charge is -2.43. The third kappa shape index (κ3) is 4.10. The van der Waals surface area contributed by atoms with Gasteiger partial charge in [0.05, 0.1) is 30.6 Å². The molecule has 0 unspecified atom stereocenters. The first-order valence-electron chi connectivity index (χ1n) is 11.2. The first kappa shape index (κ1) is 25.1. The summed E-state index contributed by atoms with van der Waals surface area (Å²) in [6.45, 7) is 0. The molecular weight excluding hydrogens is 516 g/mol. The highest BCUT2D eigenvalue weighted by molar-refractivity contribution is 8.17. The number of esters is 1. The minimum absolute atomic E-state index is 0.0251. The number of ether oxygens (including phenoxy) is 2. The Labute approximate surface area is 220 Å². The number of aromatic amines is 2. The maximum atomic E-state index is 12.5. The summed E-state index contributed by atoms with van der Waals surface area (Å²) in [5.74, 6) is 0.293. The molecule has 0 spiro atoms. The molecule has 0 radical (unpaired) electrons. The van der Waals surface area contributed by atoms with E-state index in [9.17, 15) is 20.2 Å². The number of aliphatic hydroxyl groups excluding tert-OH is 1. The third-order valence-electron chi connectivity index (χ3n) is 6.32. The number of oxime groups is 1. The molecule has 1 fully saturated rings. The summed E-state index contributed by atoms with van der Waals surface area (Å²) in [5, 5.41) is 35.6. The number of benzene rings is 2. The van der Waals surface area contributed by atoms with Crippen molar-refractivity contribution in [2.24, 2.45) is 5.16 Å². The fourth-order valence-corrected chi connectivity index (χ4v) is 8.11. The monoisotopic (exact) mass is 540 g/mol. The molecule has 1 aliphatic heterocycles. The summed E-state index contributed by atoms with van der Waals surface area (Å²) < 4.78 is 8.79. The van der Waals surface area contributed by atoms with E-state index < -0.39 is 16.8 Å². The number of rotatable bonds is 6. The summed E-state index contributed by atoms with van der Waals surface area (Å²) in [6, 6.07) is 12.5. The second-order valence-corrected chi connectivity index (χ2v) is 11.0. The van der Waals surface area contributed by atoms with E-state index in [4.69, 9.17) is 9.47 Å². The lowest BCUT2D eigenvalue weighted by molar-refractivity contribution is -0.132. The third-order valence-corrected chi connectivity index (χ3v) is 9.59. The van der Waals surface area contributed by atoms with Crippen molar-refractivity contribution in [3.05, 3.63) is 77.5 Å². The number of hydrogen-bond acceptors (Lipinski definition) is 10. The lowest BCUT2D eigenvalue weighted by Crippen LogP contribution is -2.43. The number of imidazole rings is 1. The van der Waals surface area contributed by atoms with Crippen LogP contribution in [0.25, 0.3) is 10.9 Å². The van der Waals surface area contributed by atoms with Gasteiger partial charge in [0.25, 0.3) is 0 Å². The molecule has 1 saturated heterocycles. The van der Waals surface area contributed by atoms with E-state index >= 15 is 0 Å². The Hall–Kier alpha value is -3.61. The number of thioether (sulfide) groups is 2. The zero-order valence-corrected chi connectivity index (χ0v) is 21.5. The van der Waals surface area contributed by atoms with E-state index in [-0.39, 0.29) is 21.8 Å². The Kier molecular flexibility index (Phi) is 6.80. The number of carbonyl (C=O) groups is 1. The summed E-state index contributed by atoms with van der Waals surface area (Å²) in [6.07, 6.45) is 2.42. The predicted octanol–water partition coefficient (Wildman–Crippen LogP) is 3.74. The number of fused-ring (bicyclic) bond motifs is 1. The van der Waals surface area contributed by atoms with Gasteiger partial charge in [-0.3, -0.25) is 0 Å². The standard InChI is InChI=1S/C25H24N4O6S2/c1-34-17-11-13(7-8-16(17)30)25(24-26-9-10-27-24)18(31)12-36-23(37-25)19-14-5-3-4-6-15(14)28-20(19)21(29-33)22(32)35-2/h3-11,18,23,28,30-31,33H,12H2,1-2H3,(H,26,27)/b29-21-/t18-,23-,25+/m1/s1. The Morgan fingerprint density at radius 2 is 2.05 bits per heavy atom. The Bertz CT molecular complexity index is 1470. The highest BCUT2D eigenvalue weighted by atomic mass is 32.2. The number of aromatic nitrogens is 3. The molecule has 0 aliphatic carbocycles. The predicted molar refractivity (Wildman–Crippen MR) is 141 cm³/mol. The van der Waals surface area contributed by atoms with Crippen molar-refractivity contribution < 1.29 is 29.7 Å². The summed E-state index contributed by atoms with van der Waals surface area (Å²) in [4.78, 5) is 23.4. The van der Waals surface area contributed by atoms with Gasteiger partial charge in [0.2, 0.25) is 5.71 Å². The molecule has 192 valence electrons. The zero-order chi connectivity index (χ0) is 26.2. The first-order valence-corrected chi connectivity index (χ1v) is 13.1. The molecule has 3 heterocycles. The number of hydrogen-bond donors (Lipinski definition) is 5. The van der Waals surface area contributed by atoms with E-state index in [1.54, 1.807) is 24.5 Å². The average Bonchev–Trinajstić information content (AvgIpc) is 3.59. The molecule has 0 saturated carbocycles. The number of methoxy groups -OCH3 is 2. The van der Waals surface area contributed by atoms with Gasteiger partial charge < -0.3 is 34.9 Å².